The predicted molar refractivity (Wildman–Crippen MR) is 123 cm³/mol. The minimum atomic E-state index is -0.517. The van der Waals surface area contributed by atoms with Gasteiger partial charge in [0.15, 0.2) is 11.5 Å². The van der Waals surface area contributed by atoms with E-state index in [-0.39, 0.29) is 22.8 Å². The third-order valence-electron chi connectivity index (χ3n) is 5.31. The standard InChI is InChI=1S/C25H16ClN3O4/c1-13-20(24(32)25-28-12-19(33-25)16-4-2-3-11-27-16)21-17(29-13)9-10-18(30)22(21)23(31)14-5-7-15(26)8-6-14/h2-12,29-30H,1H3. The molecule has 5 rings (SSSR count). The Morgan fingerprint density at radius 2 is 1.76 bits per heavy atom. The van der Waals surface area contributed by atoms with Crippen molar-refractivity contribution in [2.45, 2.75) is 6.92 Å². The molecule has 0 amide bonds. The van der Waals surface area contributed by atoms with Crippen LogP contribution in [-0.2, 0) is 0 Å². The maximum Gasteiger partial charge on any atom is 0.268 e. The molecule has 0 radical (unpaired) electrons. The molecule has 2 N–H and O–H groups in total. The maximum atomic E-state index is 13.4. The van der Waals surface area contributed by atoms with Crippen molar-refractivity contribution in [3.05, 3.63) is 100 Å². The van der Waals surface area contributed by atoms with Crippen molar-refractivity contribution in [3.8, 4) is 17.2 Å². The highest BCUT2D eigenvalue weighted by Crippen LogP contribution is 2.35. The SMILES string of the molecule is Cc1[nH]c2ccc(O)c(C(=O)c3ccc(Cl)cc3)c2c1C(=O)c1ncc(-c2ccccn2)o1. The summed E-state index contributed by atoms with van der Waals surface area (Å²) in [6.07, 6.45) is 3.04. The zero-order chi connectivity index (χ0) is 23.1. The van der Waals surface area contributed by atoms with Crippen LogP contribution in [0.4, 0.5) is 0 Å². The van der Waals surface area contributed by atoms with Crippen LogP contribution in [0.2, 0.25) is 5.02 Å². The molecule has 33 heavy (non-hydrogen) atoms. The van der Waals surface area contributed by atoms with Crippen LogP contribution in [0.3, 0.4) is 0 Å². The number of oxazole rings is 1. The molecule has 3 heterocycles. The molecule has 0 aliphatic carbocycles. The first kappa shape index (κ1) is 20.7. The van der Waals surface area contributed by atoms with Crippen LogP contribution in [-0.4, -0.2) is 31.6 Å². The Bertz CT molecular complexity index is 1520. The predicted octanol–water partition coefficient (Wildman–Crippen LogP) is 5.35. The van der Waals surface area contributed by atoms with Gasteiger partial charge in [0.2, 0.25) is 5.78 Å². The van der Waals surface area contributed by atoms with E-state index in [1.54, 1.807) is 61.7 Å². The van der Waals surface area contributed by atoms with Gasteiger partial charge in [-0.3, -0.25) is 14.6 Å². The second kappa shape index (κ2) is 8.03. The van der Waals surface area contributed by atoms with Crippen molar-refractivity contribution >= 4 is 34.1 Å². The summed E-state index contributed by atoms with van der Waals surface area (Å²) in [6, 6.07) is 14.7. The molecule has 0 spiro atoms. The van der Waals surface area contributed by atoms with Crippen molar-refractivity contribution in [1.82, 2.24) is 15.0 Å². The lowest BCUT2D eigenvalue weighted by Gasteiger charge is -2.08. The van der Waals surface area contributed by atoms with E-state index in [4.69, 9.17) is 16.0 Å². The molecule has 0 aliphatic heterocycles. The number of hydrogen-bond acceptors (Lipinski definition) is 6. The summed E-state index contributed by atoms with van der Waals surface area (Å²) in [7, 11) is 0. The molecule has 0 aliphatic rings. The monoisotopic (exact) mass is 457 g/mol. The van der Waals surface area contributed by atoms with Gasteiger partial charge < -0.3 is 14.5 Å². The second-order valence-corrected chi connectivity index (χ2v) is 7.85. The fraction of sp³-hybridized carbons (Fsp3) is 0.0400. The van der Waals surface area contributed by atoms with E-state index in [1.807, 2.05) is 0 Å². The first-order valence-electron chi connectivity index (χ1n) is 10.0. The summed E-state index contributed by atoms with van der Waals surface area (Å²) in [5, 5.41) is 11.4. The van der Waals surface area contributed by atoms with Crippen molar-refractivity contribution < 1.29 is 19.1 Å². The van der Waals surface area contributed by atoms with Gasteiger partial charge in [-0.25, -0.2) is 4.98 Å². The fourth-order valence-corrected chi connectivity index (χ4v) is 3.91. The number of phenols is 1. The molecule has 0 saturated carbocycles. The van der Waals surface area contributed by atoms with E-state index >= 15 is 0 Å². The Labute approximate surface area is 192 Å². The summed E-state index contributed by atoms with van der Waals surface area (Å²) in [5.74, 6) is -0.997. The summed E-state index contributed by atoms with van der Waals surface area (Å²) >= 11 is 5.94. The third-order valence-corrected chi connectivity index (χ3v) is 5.56. The van der Waals surface area contributed by atoms with Crippen LogP contribution in [0.5, 0.6) is 5.75 Å². The molecular weight excluding hydrogens is 442 g/mol. The molecule has 0 unspecified atom stereocenters. The van der Waals surface area contributed by atoms with Crippen LogP contribution in [0.15, 0.2) is 71.4 Å². The van der Waals surface area contributed by atoms with Crippen LogP contribution < -0.4 is 0 Å². The van der Waals surface area contributed by atoms with Crippen molar-refractivity contribution in [1.29, 1.82) is 0 Å². The Kier molecular flexibility index (Phi) is 5.03. The van der Waals surface area contributed by atoms with Gasteiger partial charge >= 0.3 is 0 Å². The third kappa shape index (κ3) is 3.58. The van der Waals surface area contributed by atoms with E-state index in [0.29, 0.717) is 38.6 Å². The lowest BCUT2D eigenvalue weighted by Crippen LogP contribution is -2.07. The Hall–Kier alpha value is -4.23. The lowest BCUT2D eigenvalue weighted by molar-refractivity contribution is 0.100. The average molecular weight is 458 g/mol. The molecular formula is C25H16ClN3O4. The zero-order valence-electron chi connectivity index (χ0n) is 17.3. The quantitative estimate of drug-likeness (QED) is 0.344. The van der Waals surface area contributed by atoms with Gasteiger partial charge in [0.1, 0.15) is 11.4 Å². The first-order valence-corrected chi connectivity index (χ1v) is 10.4. The van der Waals surface area contributed by atoms with Crippen LogP contribution in [0, 0.1) is 6.92 Å². The van der Waals surface area contributed by atoms with Gasteiger partial charge in [-0.1, -0.05) is 17.7 Å². The molecule has 162 valence electrons. The van der Waals surface area contributed by atoms with Crippen molar-refractivity contribution in [3.63, 3.8) is 0 Å². The fourth-order valence-electron chi connectivity index (χ4n) is 3.78. The van der Waals surface area contributed by atoms with Gasteiger partial charge in [0.25, 0.3) is 5.89 Å². The minimum absolute atomic E-state index is 0.0130. The Balaban J connectivity index is 1.65. The summed E-state index contributed by atoms with van der Waals surface area (Å²) in [4.78, 5) is 38.2. The highest BCUT2D eigenvalue weighted by atomic mass is 35.5. The molecule has 3 aromatic heterocycles. The number of aryl methyl sites for hydroxylation is 1. The number of hydrogen-bond donors (Lipinski definition) is 2. The van der Waals surface area contributed by atoms with E-state index in [1.165, 1.54) is 12.3 Å². The molecule has 7 nitrogen and oxygen atoms in total. The number of pyridine rings is 1. The minimum Gasteiger partial charge on any atom is -0.507 e. The number of carbonyl (C=O) groups is 2. The summed E-state index contributed by atoms with van der Waals surface area (Å²) < 4.78 is 5.69. The second-order valence-electron chi connectivity index (χ2n) is 7.42. The Morgan fingerprint density at radius 1 is 0.970 bits per heavy atom. The van der Waals surface area contributed by atoms with Crippen LogP contribution in [0.1, 0.15) is 37.9 Å². The topological polar surface area (TPSA) is 109 Å². The molecule has 0 fully saturated rings. The normalized spacial score (nSPS) is 11.1. The highest BCUT2D eigenvalue weighted by Gasteiger charge is 2.28. The number of halogens is 1. The van der Waals surface area contributed by atoms with E-state index in [0.717, 1.165) is 0 Å². The number of aromatic amines is 1. The molecule has 2 aromatic carbocycles. The number of fused-ring (bicyclic) bond motifs is 1. The number of aromatic nitrogens is 3. The number of carbonyl (C=O) groups excluding carboxylic acids is 2. The number of phenolic OH excluding ortho intramolecular Hbond substituents is 1. The van der Waals surface area contributed by atoms with E-state index in [9.17, 15) is 14.7 Å². The Morgan fingerprint density at radius 3 is 2.48 bits per heavy atom. The van der Waals surface area contributed by atoms with Gasteiger partial charge in [-0.15, -0.1) is 0 Å². The van der Waals surface area contributed by atoms with Gasteiger partial charge in [-0.2, -0.15) is 0 Å². The van der Waals surface area contributed by atoms with Crippen LogP contribution in [0.25, 0.3) is 22.4 Å². The molecule has 0 atom stereocenters. The number of aromatic hydroxyl groups is 1. The summed E-state index contributed by atoms with van der Waals surface area (Å²) in [5.41, 5.74) is 2.13. The number of ketones is 2. The molecule has 0 saturated heterocycles. The molecule has 0 bridgehead atoms. The van der Waals surface area contributed by atoms with Crippen molar-refractivity contribution in [2.24, 2.45) is 0 Å². The van der Waals surface area contributed by atoms with Crippen LogP contribution >= 0.6 is 11.6 Å². The highest BCUT2D eigenvalue weighted by molar-refractivity contribution is 6.31. The average Bonchev–Trinajstić information content (AvgIpc) is 3.44. The van der Waals surface area contributed by atoms with E-state index in [2.05, 4.69) is 15.0 Å². The van der Waals surface area contributed by atoms with Crippen molar-refractivity contribution in [2.75, 3.05) is 0 Å². The van der Waals surface area contributed by atoms with Gasteiger partial charge in [0.05, 0.1) is 17.3 Å². The maximum absolute atomic E-state index is 13.4. The number of rotatable bonds is 5. The van der Waals surface area contributed by atoms with E-state index < -0.39 is 11.6 Å². The number of benzene rings is 2. The number of H-pyrrole nitrogens is 1. The zero-order valence-corrected chi connectivity index (χ0v) is 18.1. The smallest absolute Gasteiger partial charge is 0.268 e. The largest absolute Gasteiger partial charge is 0.507 e. The van der Waals surface area contributed by atoms with Gasteiger partial charge in [-0.05, 0) is 55.5 Å². The van der Waals surface area contributed by atoms with Gasteiger partial charge in [0, 0.05) is 33.4 Å². The molecule has 8 heteroatoms. The number of nitrogens with zero attached hydrogens (tertiary/aromatic N) is 2. The summed E-state index contributed by atoms with van der Waals surface area (Å²) in [6.45, 7) is 1.71. The molecule has 5 aromatic rings. The number of nitrogens with one attached hydrogen (secondary N) is 1. The first-order chi connectivity index (χ1) is 15.9. The lowest BCUT2D eigenvalue weighted by atomic mass is 9.95.